The Morgan fingerprint density at radius 2 is 2.12 bits per heavy atom. The third-order valence-corrected chi connectivity index (χ3v) is 3.10. The molecule has 0 amide bonds. The number of benzene rings is 1. The van der Waals surface area contributed by atoms with Crippen LogP contribution in [-0.4, -0.2) is 24.2 Å². The molecule has 0 aliphatic heterocycles. The summed E-state index contributed by atoms with van der Waals surface area (Å²) in [6.07, 6.45) is 1.98. The molecule has 1 fully saturated rings. The van der Waals surface area contributed by atoms with Gasteiger partial charge in [-0.2, -0.15) is 0 Å². The monoisotopic (exact) mass is 257 g/mol. The predicted molar refractivity (Wildman–Crippen MR) is 62.6 cm³/mol. The number of ether oxygens (including phenoxy) is 2. The van der Waals surface area contributed by atoms with Crippen molar-refractivity contribution < 1.29 is 14.4 Å². The lowest BCUT2D eigenvalue weighted by Gasteiger charge is -2.34. The number of non-ortho nitro benzene ring substituents is 1. The molecule has 0 heterocycles. The van der Waals surface area contributed by atoms with Crippen LogP contribution in [0.3, 0.4) is 0 Å². The third-order valence-electron chi connectivity index (χ3n) is 2.80. The SMILES string of the molecule is COC1CC(Oc2ccc([N+](=O)[O-])cc2Cl)C1. The van der Waals surface area contributed by atoms with Crippen molar-refractivity contribution in [2.24, 2.45) is 0 Å². The van der Waals surface area contributed by atoms with Crippen LogP contribution in [0.4, 0.5) is 5.69 Å². The van der Waals surface area contributed by atoms with Crippen LogP contribution in [0.1, 0.15) is 12.8 Å². The standard InChI is InChI=1S/C11H12ClNO4/c1-16-8-5-9(6-8)17-11-3-2-7(13(14)15)4-10(11)12/h2-4,8-9H,5-6H2,1H3. The summed E-state index contributed by atoms with van der Waals surface area (Å²) in [7, 11) is 1.67. The van der Waals surface area contributed by atoms with Gasteiger partial charge in [-0.05, 0) is 6.07 Å². The van der Waals surface area contributed by atoms with E-state index in [1.165, 1.54) is 18.2 Å². The first-order valence-electron chi connectivity index (χ1n) is 5.23. The van der Waals surface area contributed by atoms with Crippen LogP contribution in [-0.2, 0) is 4.74 Å². The Kier molecular flexibility index (Phi) is 3.49. The van der Waals surface area contributed by atoms with E-state index in [1.807, 2.05) is 0 Å². The molecule has 0 saturated heterocycles. The Morgan fingerprint density at radius 3 is 2.65 bits per heavy atom. The average Bonchev–Trinajstić information content (AvgIpc) is 2.24. The average molecular weight is 258 g/mol. The van der Waals surface area contributed by atoms with Crippen molar-refractivity contribution in [1.82, 2.24) is 0 Å². The molecule has 0 radical (unpaired) electrons. The first-order chi connectivity index (χ1) is 8.10. The van der Waals surface area contributed by atoms with Gasteiger partial charge in [0.1, 0.15) is 11.9 Å². The number of hydrogen-bond donors (Lipinski definition) is 0. The van der Waals surface area contributed by atoms with E-state index in [4.69, 9.17) is 21.1 Å². The number of nitrogens with zero attached hydrogens (tertiary/aromatic N) is 1. The van der Waals surface area contributed by atoms with Crippen molar-refractivity contribution in [1.29, 1.82) is 0 Å². The number of methoxy groups -OCH3 is 1. The number of nitro groups is 1. The smallest absolute Gasteiger partial charge is 0.271 e. The van der Waals surface area contributed by atoms with Crippen LogP contribution >= 0.6 is 11.6 Å². The van der Waals surface area contributed by atoms with E-state index in [0.29, 0.717) is 5.75 Å². The van der Waals surface area contributed by atoms with E-state index in [9.17, 15) is 10.1 Å². The molecule has 5 nitrogen and oxygen atoms in total. The maximum Gasteiger partial charge on any atom is 0.271 e. The minimum Gasteiger partial charge on any atom is -0.489 e. The summed E-state index contributed by atoms with van der Waals surface area (Å²) in [5.74, 6) is 0.483. The van der Waals surface area contributed by atoms with Gasteiger partial charge in [0.15, 0.2) is 0 Å². The molecule has 1 aliphatic rings. The quantitative estimate of drug-likeness (QED) is 0.615. The Hall–Kier alpha value is -1.33. The minimum absolute atomic E-state index is 0.0364. The molecule has 0 atom stereocenters. The van der Waals surface area contributed by atoms with Gasteiger partial charge >= 0.3 is 0 Å². The molecule has 1 aliphatic carbocycles. The van der Waals surface area contributed by atoms with Gasteiger partial charge in [0.25, 0.3) is 5.69 Å². The third kappa shape index (κ3) is 2.68. The lowest BCUT2D eigenvalue weighted by atomic mass is 9.92. The second-order valence-electron chi connectivity index (χ2n) is 3.94. The molecule has 0 unspecified atom stereocenters. The largest absolute Gasteiger partial charge is 0.489 e. The van der Waals surface area contributed by atoms with Gasteiger partial charge in [0, 0.05) is 32.1 Å². The lowest BCUT2D eigenvalue weighted by molar-refractivity contribution is -0.384. The van der Waals surface area contributed by atoms with Crippen LogP contribution in [0.25, 0.3) is 0 Å². The molecule has 92 valence electrons. The molecule has 0 aromatic heterocycles. The normalized spacial score (nSPS) is 22.9. The zero-order chi connectivity index (χ0) is 12.4. The fourth-order valence-corrected chi connectivity index (χ4v) is 1.90. The number of nitro benzene ring substituents is 1. The summed E-state index contributed by atoms with van der Waals surface area (Å²) in [5.41, 5.74) is -0.0364. The maximum absolute atomic E-state index is 10.5. The zero-order valence-corrected chi connectivity index (χ0v) is 10.0. The Morgan fingerprint density at radius 1 is 1.41 bits per heavy atom. The highest BCUT2D eigenvalue weighted by molar-refractivity contribution is 6.32. The molecule has 0 bridgehead atoms. The van der Waals surface area contributed by atoms with Gasteiger partial charge < -0.3 is 9.47 Å². The van der Waals surface area contributed by atoms with Crippen LogP contribution in [0, 0.1) is 10.1 Å². The summed E-state index contributed by atoms with van der Waals surface area (Å²) < 4.78 is 10.7. The fraction of sp³-hybridized carbons (Fsp3) is 0.455. The van der Waals surface area contributed by atoms with E-state index in [0.717, 1.165) is 12.8 Å². The topological polar surface area (TPSA) is 61.6 Å². The molecular formula is C11H12ClNO4. The first-order valence-corrected chi connectivity index (χ1v) is 5.61. The first kappa shape index (κ1) is 12.1. The van der Waals surface area contributed by atoms with E-state index in [2.05, 4.69) is 0 Å². The van der Waals surface area contributed by atoms with Gasteiger partial charge in [0.2, 0.25) is 0 Å². The Labute approximate surface area is 103 Å². The van der Waals surface area contributed by atoms with Crippen LogP contribution < -0.4 is 4.74 Å². The number of hydrogen-bond acceptors (Lipinski definition) is 4. The van der Waals surface area contributed by atoms with E-state index < -0.39 is 4.92 Å². The maximum atomic E-state index is 10.5. The van der Waals surface area contributed by atoms with Gasteiger partial charge in [-0.1, -0.05) is 11.6 Å². The molecule has 1 saturated carbocycles. The molecule has 0 N–H and O–H groups in total. The summed E-state index contributed by atoms with van der Waals surface area (Å²) in [5, 5.41) is 10.8. The Bertz CT molecular complexity index is 431. The molecule has 17 heavy (non-hydrogen) atoms. The van der Waals surface area contributed by atoms with Crippen LogP contribution in [0.5, 0.6) is 5.75 Å². The van der Waals surface area contributed by atoms with Crippen molar-refractivity contribution in [2.45, 2.75) is 25.0 Å². The summed E-state index contributed by atoms with van der Waals surface area (Å²) in [6, 6.07) is 4.21. The van der Waals surface area contributed by atoms with E-state index >= 15 is 0 Å². The second-order valence-corrected chi connectivity index (χ2v) is 4.35. The van der Waals surface area contributed by atoms with E-state index in [-0.39, 0.29) is 22.9 Å². The van der Waals surface area contributed by atoms with Gasteiger partial charge in [-0.15, -0.1) is 0 Å². The summed E-state index contributed by atoms with van der Waals surface area (Å²) in [6.45, 7) is 0. The van der Waals surface area contributed by atoms with Gasteiger partial charge in [-0.25, -0.2) is 0 Å². The van der Waals surface area contributed by atoms with Crippen LogP contribution in [0.15, 0.2) is 18.2 Å². The molecule has 2 rings (SSSR count). The molecule has 6 heteroatoms. The van der Waals surface area contributed by atoms with E-state index in [1.54, 1.807) is 7.11 Å². The van der Waals surface area contributed by atoms with Crippen molar-refractivity contribution in [3.05, 3.63) is 33.3 Å². The second kappa shape index (κ2) is 4.89. The summed E-state index contributed by atoms with van der Waals surface area (Å²) in [4.78, 5) is 10.0. The van der Waals surface area contributed by atoms with Crippen molar-refractivity contribution >= 4 is 17.3 Å². The van der Waals surface area contributed by atoms with Crippen molar-refractivity contribution in [3.63, 3.8) is 0 Å². The molecule has 1 aromatic rings. The number of halogens is 1. The predicted octanol–water partition coefficient (Wildman–Crippen LogP) is 2.80. The van der Waals surface area contributed by atoms with Gasteiger partial charge in [0.05, 0.1) is 16.0 Å². The zero-order valence-electron chi connectivity index (χ0n) is 9.26. The Balaban J connectivity index is 2.00. The lowest BCUT2D eigenvalue weighted by Crippen LogP contribution is -2.38. The summed E-state index contributed by atoms with van der Waals surface area (Å²) >= 11 is 5.91. The number of rotatable bonds is 4. The molecule has 0 spiro atoms. The minimum atomic E-state index is -0.486. The molecular weight excluding hydrogens is 246 g/mol. The highest BCUT2D eigenvalue weighted by Gasteiger charge is 2.31. The van der Waals surface area contributed by atoms with Gasteiger partial charge in [-0.3, -0.25) is 10.1 Å². The molecule has 1 aromatic carbocycles. The van der Waals surface area contributed by atoms with Crippen molar-refractivity contribution in [2.75, 3.05) is 7.11 Å². The fourth-order valence-electron chi connectivity index (χ4n) is 1.68. The highest BCUT2D eigenvalue weighted by Crippen LogP contribution is 2.33. The van der Waals surface area contributed by atoms with Crippen LogP contribution in [0.2, 0.25) is 5.02 Å². The highest BCUT2D eigenvalue weighted by atomic mass is 35.5. The van der Waals surface area contributed by atoms with Crippen molar-refractivity contribution in [3.8, 4) is 5.75 Å².